The average molecular weight is 341 g/mol. The highest BCUT2D eigenvalue weighted by Gasteiger charge is 2.41. The molecule has 2 atom stereocenters. The van der Waals surface area contributed by atoms with E-state index in [1.54, 1.807) is 0 Å². The molecule has 0 aromatic heterocycles. The molecule has 2 aliphatic heterocycles. The maximum absolute atomic E-state index is 9.90. The molecule has 0 amide bonds. The van der Waals surface area contributed by atoms with E-state index in [4.69, 9.17) is 18.0 Å². The summed E-state index contributed by atoms with van der Waals surface area (Å²) in [6.45, 7) is 0. The Bertz CT molecular complexity index is 508. The second-order valence-corrected chi connectivity index (χ2v) is 6.71. The van der Waals surface area contributed by atoms with Crippen molar-refractivity contribution in [3.05, 3.63) is 28.2 Å². The summed E-state index contributed by atoms with van der Waals surface area (Å²) in [6, 6.07) is 6.90. The second kappa shape index (κ2) is 5.04. The van der Waals surface area contributed by atoms with Crippen LogP contribution < -0.4 is 10.6 Å². The highest BCUT2D eigenvalue weighted by molar-refractivity contribution is 9.10. The molecule has 3 N–H and O–H groups in total. The predicted molar refractivity (Wildman–Crippen MR) is 84.6 cm³/mol. The minimum atomic E-state index is -0.158. The summed E-state index contributed by atoms with van der Waals surface area (Å²) in [5, 5.41) is 9.90. The Kier molecular flexibility index (Phi) is 3.53. The van der Waals surface area contributed by atoms with Gasteiger partial charge in [0.1, 0.15) is 4.99 Å². The number of aliphatic hydroxyl groups is 1. The molecule has 3 rings (SSSR count). The zero-order chi connectivity index (χ0) is 13.6. The monoisotopic (exact) mass is 340 g/mol. The number of benzene rings is 1. The molecule has 3 nitrogen and oxygen atoms in total. The number of aliphatic hydroxyl groups excluding tert-OH is 1. The van der Waals surface area contributed by atoms with Gasteiger partial charge in [0.25, 0.3) is 0 Å². The van der Waals surface area contributed by atoms with Crippen molar-refractivity contribution < 1.29 is 5.11 Å². The van der Waals surface area contributed by atoms with Crippen LogP contribution in [0.4, 0.5) is 5.69 Å². The van der Waals surface area contributed by atoms with Crippen LogP contribution in [0.3, 0.4) is 0 Å². The largest absolute Gasteiger partial charge is 0.393 e. The number of hydrogen-bond donors (Lipinski definition) is 2. The first-order valence-electron chi connectivity index (χ1n) is 6.62. The molecular formula is C14H17BrN2OS. The SMILES string of the molecule is NC(=S)c1c(Br)cccc1N1C2CCC1CC(O)C2. The summed E-state index contributed by atoms with van der Waals surface area (Å²) in [6.07, 6.45) is 3.82. The lowest BCUT2D eigenvalue weighted by Gasteiger charge is -2.40. The molecule has 19 heavy (non-hydrogen) atoms. The number of nitrogens with two attached hydrogens (primary N) is 1. The third-order valence-electron chi connectivity index (χ3n) is 4.22. The van der Waals surface area contributed by atoms with Crippen LogP contribution in [0.5, 0.6) is 0 Å². The maximum Gasteiger partial charge on any atom is 0.107 e. The van der Waals surface area contributed by atoms with Crippen molar-refractivity contribution >= 4 is 38.8 Å². The van der Waals surface area contributed by atoms with Gasteiger partial charge in [-0.2, -0.15) is 0 Å². The van der Waals surface area contributed by atoms with Crippen LogP contribution in [0.15, 0.2) is 22.7 Å². The van der Waals surface area contributed by atoms with Crippen molar-refractivity contribution in [1.82, 2.24) is 0 Å². The average Bonchev–Trinajstić information content (AvgIpc) is 2.60. The fraction of sp³-hybridized carbons (Fsp3) is 0.500. The Hall–Kier alpha value is -0.650. The van der Waals surface area contributed by atoms with Gasteiger partial charge in [-0.25, -0.2) is 0 Å². The first-order chi connectivity index (χ1) is 9.08. The standard InChI is InChI=1S/C14H17BrN2OS/c15-11-2-1-3-12(13(11)14(16)19)17-8-4-5-9(17)7-10(18)6-8/h1-3,8-10,18H,4-7H2,(H2,16,19). The van der Waals surface area contributed by atoms with Gasteiger partial charge in [-0.1, -0.05) is 18.3 Å². The van der Waals surface area contributed by atoms with E-state index in [1.165, 1.54) is 0 Å². The van der Waals surface area contributed by atoms with Crippen molar-refractivity contribution in [1.29, 1.82) is 0 Å². The van der Waals surface area contributed by atoms with Gasteiger partial charge in [0.2, 0.25) is 0 Å². The number of rotatable bonds is 2. The number of hydrogen-bond acceptors (Lipinski definition) is 3. The van der Waals surface area contributed by atoms with Gasteiger partial charge >= 0.3 is 0 Å². The van der Waals surface area contributed by atoms with Crippen molar-refractivity contribution in [3.8, 4) is 0 Å². The second-order valence-electron chi connectivity index (χ2n) is 5.42. The highest BCUT2D eigenvalue weighted by Crippen LogP contribution is 2.41. The predicted octanol–water partition coefficient (Wildman–Crippen LogP) is 2.58. The summed E-state index contributed by atoms with van der Waals surface area (Å²) in [4.78, 5) is 2.85. The van der Waals surface area contributed by atoms with E-state index in [2.05, 4.69) is 26.9 Å². The van der Waals surface area contributed by atoms with E-state index in [0.29, 0.717) is 17.1 Å². The Morgan fingerprint density at radius 3 is 2.53 bits per heavy atom. The normalized spacial score (nSPS) is 29.6. The Balaban J connectivity index is 2.04. The Labute approximate surface area is 126 Å². The van der Waals surface area contributed by atoms with E-state index in [9.17, 15) is 5.11 Å². The van der Waals surface area contributed by atoms with Crippen molar-refractivity contribution in [2.75, 3.05) is 4.90 Å². The number of nitrogens with zero attached hydrogens (tertiary/aromatic N) is 1. The summed E-state index contributed by atoms with van der Waals surface area (Å²) in [5.74, 6) is 0. The topological polar surface area (TPSA) is 49.5 Å². The fourth-order valence-electron chi connectivity index (χ4n) is 3.51. The molecule has 2 fully saturated rings. The molecule has 0 saturated carbocycles. The fourth-order valence-corrected chi connectivity index (χ4v) is 4.43. The first kappa shape index (κ1) is 13.3. The number of piperidine rings is 1. The van der Waals surface area contributed by atoms with Crippen LogP contribution in [0.2, 0.25) is 0 Å². The van der Waals surface area contributed by atoms with Gasteiger partial charge in [0.05, 0.1) is 6.10 Å². The van der Waals surface area contributed by atoms with Crippen LogP contribution in [0.1, 0.15) is 31.2 Å². The van der Waals surface area contributed by atoms with Gasteiger partial charge in [0.15, 0.2) is 0 Å². The van der Waals surface area contributed by atoms with Crippen LogP contribution in [0, 0.1) is 0 Å². The van der Waals surface area contributed by atoms with Crippen LogP contribution in [-0.4, -0.2) is 28.3 Å². The summed E-state index contributed by atoms with van der Waals surface area (Å²) < 4.78 is 0.947. The van der Waals surface area contributed by atoms with Gasteiger partial charge < -0.3 is 15.7 Å². The molecule has 2 unspecified atom stereocenters. The van der Waals surface area contributed by atoms with Crippen LogP contribution in [0.25, 0.3) is 0 Å². The maximum atomic E-state index is 9.90. The van der Waals surface area contributed by atoms with E-state index >= 15 is 0 Å². The van der Waals surface area contributed by atoms with Crippen molar-refractivity contribution in [3.63, 3.8) is 0 Å². The van der Waals surface area contributed by atoms with E-state index < -0.39 is 0 Å². The minimum absolute atomic E-state index is 0.158. The molecule has 2 aliphatic rings. The smallest absolute Gasteiger partial charge is 0.107 e. The Morgan fingerprint density at radius 2 is 1.95 bits per heavy atom. The molecule has 0 radical (unpaired) electrons. The van der Waals surface area contributed by atoms with Crippen molar-refractivity contribution in [2.24, 2.45) is 5.73 Å². The summed E-state index contributed by atoms with van der Waals surface area (Å²) in [5.41, 5.74) is 7.92. The third-order valence-corrected chi connectivity index (χ3v) is 5.09. The quantitative estimate of drug-likeness (QED) is 0.812. The lowest BCUT2D eigenvalue weighted by molar-refractivity contribution is 0.126. The molecule has 2 bridgehead atoms. The summed E-state index contributed by atoms with van der Waals surface area (Å²) in [7, 11) is 0. The molecule has 0 aliphatic carbocycles. The minimum Gasteiger partial charge on any atom is -0.393 e. The Morgan fingerprint density at radius 1 is 1.32 bits per heavy atom. The van der Waals surface area contributed by atoms with Gasteiger partial charge in [-0.15, -0.1) is 0 Å². The molecular weight excluding hydrogens is 324 g/mol. The number of halogens is 1. The van der Waals surface area contributed by atoms with Crippen LogP contribution in [-0.2, 0) is 0 Å². The van der Waals surface area contributed by atoms with Gasteiger partial charge in [0, 0.05) is 27.8 Å². The molecule has 2 heterocycles. The molecule has 102 valence electrons. The van der Waals surface area contributed by atoms with Gasteiger partial charge in [-0.05, 0) is 53.7 Å². The van der Waals surface area contributed by atoms with Gasteiger partial charge in [-0.3, -0.25) is 0 Å². The lowest BCUT2D eigenvalue weighted by atomic mass is 9.98. The number of thiocarbonyl (C=S) groups is 1. The van der Waals surface area contributed by atoms with E-state index in [-0.39, 0.29) is 6.10 Å². The highest BCUT2D eigenvalue weighted by atomic mass is 79.9. The zero-order valence-electron chi connectivity index (χ0n) is 10.6. The first-order valence-corrected chi connectivity index (χ1v) is 7.82. The zero-order valence-corrected chi connectivity index (χ0v) is 13.0. The molecule has 5 heteroatoms. The molecule has 1 aromatic rings. The van der Waals surface area contributed by atoms with E-state index in [0.717, 1.165) is 41.4 Å². The third kappa shape index (κ3) is 2.28. The number of anilines is 1. The number of fused-ring (bicyclic) bond motifs is 2. The van der Waals surface area contributed by atoms with Crippen LogP contribution >= 0.6 is 28.1 Å². The molecule has 1 aromatic carbocycles. The lowest BCUT2D eigenvalue weighted by Crippen LogP contribution is -2.45. The molecule has 2 saturated heterocycles. The van der Waals surface area contributed by atoms with E-state index in [1.807, 2.05) is 12.1 Å². The molecule has 0 spiro atoms. The van der Waals surface area contributed by atoms with Crippen molar-refractivity contribution in [2.45, 2.75) is 43.9 Å². The summed E-state index contributed by atoms with van der Waals surface area (Å²) >= 11 is 8.74.